The molecule has 0 atom stereocenters. The van der Waals surface area contributed by atoms with Crippen LogP contribution in [-0.2, 0) is 12.2 Å². The summed E-state index contributed by atoms with van der Waals surface area (Å²) in [5.41, 5.74) is 1.53. The third-order valence-corrected chi connectivity index (χ3v) is 5.44. The van der Waals surface area contributed by atoms with Crippen LogP contribution in [0.25, 0.3) is 16.3 Å². The van der Waals surface area contributed by atoms with E-state index in [0.717, 1.165) is 22.8 Å². The molecular formula is C16H14N6OS2. The molecule has 126 valence electrons. The summed E-state index contributed by atoms with van der Waals surface area (Å²) in [6, 6.07) is 11.3. The molecule has 0 aliphatic rings. The number of hydrogen-bond donors (Lipinski definition) is 1. The van der Waals surface area contributed by atoms with E-state index in [0.29, 0.717) is 21.6 Å². The molecule has 0 fully saturated rings. The molecule has 0 unspecified atom stereocenters. The summed E-state index contributed by atoms with van der Waals surface area (Å²) < 4.78 is 1.36. The van der Waals surface area contributed by atoms with Crippen molar-refractivity contribution in [3.05, 3.63) is 57.5 Å². The number of aromatic amines is 1. The van der Waals surface area contributed by atoms with E-state index in [1.807, 2.05) is 37.3 Å². The Morgan fingerprint density at radius 1 is 1.24 bits per heavy atom. The van der Waals surface area contributed by atoms with Gasteiger partial charge in [-0.25, -0.2) is 9.97 Å². The number of thioether (sulfide) groups is 1. The fraction of sp³-hybridized carbons (Fsp3) is 0.188. The number of H-pyrrole nitrogens is 1. The normalized spacial score (nSPS) is 11.2. The van der Waals surface area contributed by atoms with Crippen LogP contribution in [0.15, 0.2) is 46.3 Å². The molecule has 1 aromatic carbocycles. The summed E-state index contributed by atoms with van der Waals surface area (Å²) >= 11 is 2.88. The molecule has 3 heterocycles. The van der Waals surface area contributed by atoms with Gasteiger partial charge in [-0.1, -0.05) is 60.4 Å². The first kappa shape index (κ1) is 16.0. The predicted octanol–water partition coefficient (Wildman–Crippen LogP) is 2.79. The Labute approximate surface area is 151 Å². The molecule has 25 heavy (non-hydrogen) atoms. The smallest absolute Gasteiger partial charge is 0.267 e. The van der Waals surface area contributed by atoms with Crippen LogP contribution in [0.4, 0.5) is 0 Å². The Hall–Kier alpha value is -2.52. The topological polar surface area (TPSA) is 88.8 Å². The van der Waals surface area contributed by atoms with Gasteiger partial charge in [0.25, 0.3) is 5.56 Å². The van der Waals surface area contributed by atoms with Crippen LogP contribution >= 0.6 is 23.1 Å². The van der Waals surface area contributed by atoms with Gasteiger partial charge in [0.1, 0.15) is 5.01 Å². The molecule has 9 heteroatoms. The molecule has 0 amide bonds. The number of benzene rings is 1. The Balaban J connectivity index is 1.53. The van der Waals surface area contributed by atoms with E-state index in [1.54, 1.807) is 0 Å². The van der Waals surface area contributed by atoms with Crippen molar-refractivity contribution in [3.63, 3.8) is 0 Å². The van der Waals surface area contributed by atoms with E-state index < -0.39 is 0 Å². The summed E-state index contributed by atoms with van der Waals surface area (Å²) in [4.78, 5) is 21.8. The maximum absolute atomic E-state index is 12.1. The van der Waals surface area contributed by atoms with Crippen molar-refractivity contribution in [1.29, 1.82) is 0 Å². The minimum atomic E-state index is -0.156. The Morgan fingerprint density at radius 2 is 2.08 bits per heavy atom. The molecule has 0 bridgehead atoms. The lowest BCUT2D eigenvalue weighted by atomic mass is 10.2. The number of nitrogens with one attached hydrogen (secondary N) is 1. The van der Waals surface area contributed by atoms with Crippen molar-refractivity contribution in [2.45, 2.75) is 24.3 Å². The lowest BCUT2D eigenvalue weighted by Crippen LogP contribution is -2.15. The average molecular weight is 370 g/mol. The fourth-order valence-corrected chi connectivity index (χ4v) is 3.84. The summed E-state index contributed by atoms with van der Waals surface area (Å²) in [6.45, 7) is 2.01. The molecule has 0 radical (unpaired) electrons. The highest BCUT2D eigenvalue weighted by molar-refractivity contribution is 7.98. The Kier molecular flexibility index (Phi) is 4.33. The van der Waals surface area contributed by atoms with Crippen molar-refractivity contribution in [1.82, 2.24) is 29.8 Å². The summed E-state index contributed by atoms with van der Waals surface area (Å²) in [7, 11) is 0. The Morgan fingerprint density at radius 3 is 2.88 bits per heavy atom. The number of rotatable bonds is 5. The van der Waals surface area contributed by atoms with Gasteiger partial charge in [0.15, 0.2) is 5.82 Å². The van der Waals surface area contributed by atoms with E-state index >= 15 is 0 Å². The quantitative estimate of drug-likeness (QED) is 0.544. The molecule has 0 aliphatic heterocycles. The number of aromatic nitrogens is 6. The zero-order chi connectivity index (χ0) is 17.2. The summed E-state index contributed by atoms with van der Waals surface area (Å²) in [6.07, 6.45) is 0.789. The van der Waals surface area contributed by atoms with E-state index in [-0.39, 0.29) is 5.56 Å². The van der Waals surface area contributed by atoms with Crippen molar-refractivity contribution in [2.24, 2.45) is 0 Å². The van der Waals surface area contributed by atoms with Crippen LogP contribution < -0.4 is 5.56 Å². The van der Waals surface area contributed by atoms with Gasteiger partial charge in [-0.3, -0.25) is 9.89 Å². The van der Waals surface area contributed by atoms with E-state index in [2.05, 4.69) is 25.3 Å². The van der Waals surface area contributed by atoms with Crippen molar-refractivity contribution < 1.29 is 0 Å². The lowest BCUT2D eigenvalue weighted by molar-refractivity contribution is 0.852. The van der Waals surface area contributed by atoms with Crippen LogP contribution in [0.5, 0.6) is 0 Å². The predicted molar refractivity (Wildman–Crippen MR) is 97.9 cm³/mol. The van der Waals surface area contributed by atoms with Gasteiger partial charge in [-0.15, -0.1) is 5.10 Å². The molecule has 1 N–H and O–H groups in total. The van der Waals surface area contributed by atoms with E-state index in [9.17, 15) is 4.79 Å². The molecule has 7 nitrogen and oxygen atoms in total. The minimum Gasteiger partial charge on any atom is -0.267 e. The van der Waals surface area contributed by atoms with Gasteiger partial charge in [-0.2, -0.15) is 9.61 Å². The molecule has 4 aromatic rings. The van der Waals surface area contributed by atoms with Crippen molar-refractivity contribution >= 4 is 28.1 Å². The van der Waals surface area contributed by atoms with Crippen molar-refractivity contribution in [3.8, 4) is 11.4 Å². The second kappa shape index (κ2) is 6.77. The van der Waals surface area contributed by atoms with Crippen LogP contribution in [0, 0.1) is 0 Å². The molecule has 3 aromatic heterocycles. The second-order valence-corrected chi connectivity index (χ2v) is 7.23. The van der Waals surface area contributed by atoms with Crippen LogP contribution in [0.1, 0.15) is 17.6 Å². The molecule has 0 saturated heterocycles. The zero-order valence-corrected chi connectivity index (χ0v) is 15.0. The van der Waals surface area contributed by atoms with Gasteiger partial charge < -0.3 is 0 Å². The molecular weight excluding hydrogens is 356 g/mol. The monoisotopic (exact) mass is 370 g/mol. The first-order chi connectivity index (χ1) is 12.2. The highest BCUT2D eigenvalue weighted by Crippen LogP contribution is 2.22. The third-order valence-electron chi connectivity index (χ3n) is 3.50. The maximum Gasteiger partial charge on any atom is 0.275 e. The second-order valence-electron chi connectivity index (χ2n) is 5.25. The number of nitrogens with zero attached hydrogens (tertiary/aromatic N) is 5. The number of aryl methyl sites for hydroxylation is 1. The minimum absolute atomic E-state index is 0.156. The SMILES string of the molecule is CCc1nn2c(=O)cc(CSc3n[nH]c(-c4ccccc4)n3)nc2s1. The van der Waals surface area contributed by atoms with Gasteiger partial charge in [-0.05, 0) is 6.42 Å². The zero-order valence-electron chi connectivity index (χ0n) is 13.3. The maximum atomic E-state index is 12.1. The van der Waals surface area contributed by atoms with Gasteiger partial charge >= 0.3 is 0 Å². The molecule has 0 spiro atoms. The number of fused-ring (bicyclic) bond motifs is 1. The highest BCUT2D eigenvalue weighted by atomic mass is 32.2. The molecule has 0 aliphatic carbocycles. The highest BCUT2D eigenvalue weighted by Gasteiger charge is 2.10. The lowest BCUT2D eigenvalue weighted by Gasteiger charge is -1.97. The van der Waals surface area contributed by atoms with Gasteiger partial charge in [0.2, 0.25) is 10.1 Å². The first-order valence-electron chi connectivity index (χ1n) is 7.72. The van der Waals surface area contributed by atoms with Crippen LogP contribution in [0.2, 0.25) is 0 Å². The largest absolute Gasteiger partial charge is 0.275 e. The first-order valence-corrected chi connectivity index (χ1v) is 9.52. The van der Waals surface area contributed by atoms with E-state index in [4.69, 9.17) is 0 Å². The molecule has 4 rings (SSSR count). The van der Waals surface area contributed by atoms with E-state index in [1.165, 1.54) is 33.7 Å². The average Bonchev–Trinajstić information content (AvgIpc) is 3.28. The van der Waals surface area contributed by atoms with Crippen LogP contribution in [0.3, 0.4) is 0 Å². The summed E-state index contributed by atoms with van der Waals surface area (Å²) in [5, 5.41) is 12.9. The van der Waals surface area contributed by atoms with Crippen LogP contribution in [-0.4, -0.2) is 29.8 Å². The van der Waals surface area contributed by atoms with Gasteiger partial charge in [0.05, 0.1) is 5.69 Å². The standard InChI is InChI=1S/C16H14N6OS2/c1-2-12-21-22-13(23)8-11(17-16(22)25-12)9-24-15-18-14(19-20-15)10-6-4-3-5-7-10/h3-8H,2,9H2,1H3,(H,18,19,20). The number of hydrogen-bond acceptors (Lipinski definition) is 7. The molecule has 0 saturated carbocycles. The van der Waals surface area contributed by atoms with Gasteiger partial charge in [0, 0.05) is 17.4 Å². The summed E-state index contributed by atoms with van der Waals surface area (Å²) in [5.74, 6) is 1.25. The fourth-order valence-electron chi connectivity index (χ4n) is 2.29. The Bertz CT molecular complexity index is 1070. The van der Waals surface area contributed by atoms with Crippen molar-refractivity contribution in [2.75, 3.05) is 0 Å². The third kappa shape index (κ3) is 3.33.